The highest BCUT2D eigenvalue weighted by molar-refractivity contribution is 5.83. The van der Waals surface area contributed by atoms with Crippen LogP contribution in [0.15, 0.2) is 48.5 Å². The van der Waals surface area contributed by atoms with Crippen molar-refractivity contribution in [1.82, 2.24) is 5.73 Å². The molecule has 1 radical (unpaired) electrons. The van der Waals surface area contributed by atoms with Crippen molar-refractivity contribution in [2.75, 3.05) is 0 Å². The van der Waals surface area contributed by atoms with E-state index in [1.165, 1.54) is 22.3 Å². The first-order valence-corrected chi connectivity index (χ1v) is 5.70. The lowest BCUT2D eigenvalue weighted by atomic mass is 9.93. The van der Waals surface area contributed by atoms with Gasteiger partial charge in [0.05, 0.1) is 0 Å². The van der Waals surface area contributed by atoms with Crippen LogP contribution in [0.5, 0.6) is 0 Å². The van der Waals surface area contributed by atoms with Crippen molar-refractivity contribution in [3.63, 3.8) is 0 Å². The predicted octanol–water partition coefficient (Wildman–Crippen LogP) is 3.00. The van der Waals surface area contributed by atoms with Crippen LogP contribution in [0.2, 0.25) is 0 Å². The smallest absolute Gasteiger partial charge is 0.239 e. The van der Waals surface area contributed by atoms with Gasteiger partial charge in [0.15, 0.2) is 0 Å². The summed E-state index contributed by atoms with van der Waals surface area (Å²) in [6.07, 6.45) is 0.272. The molecule has 0 heterocycles. The Morgan fingerprint density at radius 2 is 1.41 bits per heavy atom. The third-order valence-corrected chi connectivity index (χ3v) is 3.35. The second-order valence-electron chi connectivity index (χ2n) is 4.35. The van der Waals surface area contributed by atoms with E-state index < -0.39 is 5.91 Å². The van der Waals surface area contributed by atoms with E-state index in [2.05, 4.69) is 24.3 Å². The molecule has 1 aliphatic rings. The summed E-state index contributed by atoms with van der Waals surface area (Å²) in [5.41, 5.74) is 11.9. The zero-order valence-corrected chi connectivity index (χ0v) is 9.31. The largest absolute Gasteiger partial charge is 0.273 e. The van der Waals surface area contributed by atoms with Crippen molar-refractivity contribution in [2.45, 2.75) is 12.3 Å². The van der Waals surface area contributed by atoms with Crippen LogP contribution >= 0.6 is 0 Å². The van der Waals surface area contributed by atoms with Crippen LogP contribution in [-0.4, -0.2) is 5.91 Å². The topological polar surface area (TPSA) is 40.9 Å². The summed E-state index contributed by atoms with van der Waals surface area (Å²) in [4.78, 5) is 11.1. The molecule has 2 aromatic rings. The summed E-state index contributed by atoms with van der Waals surface area (Å²) in [6.45, 7) is 0. The highest BCUT2D eigenvalue weighted by Crippen LogP contribution is 2.45. The highest BCUT2D eigenvalue weighted by atomic mass is 16.1. The maximum absolute atomic E-state index is 11.1. The first-order valence-electron chi connectivity index (χ1n) is 5.70. The summed E-state index contributed by atoms with van der Waals surface area (Å²) in [7, 11) is 0. The highest BCUT2D eigenvalue weighted by Gasteiger charge is 2.28. The summed E-state index contributed by atoms with van der Waals surface area (Å²) in [5, 5.41) is 0. The van der Waals surface area contributed by atoms with Gasteiger partial charge < -0.3 is 0 Å². The molecule has 0 fully saturated rings. The molecule has 83 valence electrons. The number of fused-ring (bicyclic) bond motifs is 3. The van der Waals surface area contributed by atoms with Crippen molar-refractivity contribution in [3.05, 3.63) is 59.7 Å². The van der Waals surface area contributed by atoms with E-state index in [1.807, 2.05) is 24.3 Å². The molecule has 0 bridgehead atoms. The van der Waals surface area contributed by atoms with Crippen LogP contribution in [0.4, 0.5) is 0 Å². The Morgan fingerprint density at radius 3 is 1.88 bits per heavy atom. The molecule has 0 unspecified atom stereocenters. The van der Waals surface area contributed by atoms with E-state index in [-0.39, 0.29) is 12.3 Å². The van der Waals surface area contributed by atoms with Crippen LogP contribution in [0.1, 0.15) is 23.5 Å². The fourth-order valence-electron chi connectivity index (χ4n) is 2.67. The third kappa shape index (κ3) is 1.53. The van der Waals surface area contributed by atoms with E-state index in [0.717, 1.165) is 0 Å². The van der Waals surface area contributed by atoms with E-state index in [4.69, 9.17) is 5.73 Å². The molecule has 2 heteroatoms. The molecule has 17 heavy (non-hydrogen) atoms. The SMILES string of the molecule is [NH]C(=O)CC1c2ccccc2-c2ccccc21. The lowest BCUT2D eigenvalue weighted by Gasteiger charge is -2.10. The molecular weight excluding hydrogens is 210 g/mol. The molecule has 1 aliphatic carbocycles. The Morgan fingerprint density at radius 1 is 0.941 bits per heavy atom. The Kier molecular flexibility index (Phi) is 2.22. The van der Waals surface area contributed by atoms with Crippen LogP contribution in [0.25, 0.3) is 11.1 Å². The maximum atomic E-state index is 11.1. The maximum Gasteiger partial charge on any atom is 0.239 e. The number of nitrogens with one attached hydrogen (secondary N) is 1. The van der Waals surface area contributed by atoms with Gasteiger partial charge >= 0.3 is 0 Å². The normalized spacial score (nSPS) is 13.2. The van der Waals surface area contributed by atoms with Crippen LogP contribution in [0.3, 0.4) is 0 Å². The Bertz CT molecular complexity index is 543. The number of carbonyl (C=O) groups is 1. The molecule has 3 rings (SSSR count). The lowest BCUT2D eigenvalue weighted by molar-refractivity contribution is -0.118. The van der Waals surface area contributed by atoms with Gasteiger partial charge in [0.1, 0.15) is 0 Å². The molecule has 2 nitrogen and oxygen atoms in total. The van der Waals surface area contributed by atoms with Crippen molar-refractivity contribution >= 4 is 5.91 Å². The lowest BCUT2D eigenvalue weighted by Crippen LogP contribution is -2.06. The number of carbonyl (C=O) groups excluding carboxylic acids is 1. The van der Waals surface area contributed by atoms with Gasteiger partial charge in [-0.2, -0.15) is 0 Å². The number of hydrogen-bond donors (Lipinski definition) is 0. The minimum Gasteiger partial charge on any atom is -0.273 e. The molecule has 0 saturated carbocycles. The van der Waals surface area contributed by atoms with Gasteiger partial charge in [-0.3, -0.25) is 10.5 Å². The van der Waals surface area contributed by atoms with Crippen LogP contribution < -0.4 is 5.73 Å². The zero-order chi connectivity index (χ0) is 11.8. The van der Waals surface area contributed by atoms with Gasteiger partial charge in [0, 0.05) is 12.3 Å². The van der Waals surface area contributed by atoms with Crippen molar-refractivity contribution in [1.29, 1.82) is 0 Å². The van der Waals surface area contributed by atoms with Crippen molar-refractivity contribution in [3.8, 4) is 11.1 Å². The Balaban J connectivity index is 2.20. The van der Waals surface area contributed by atoms with Gasteiger partial charge in [-0.05, 0) is 22.3 Å². The number of hydrogen-bond acceptors (Lipinski definition) is 1. The van der Waals surface area contributed by atoms with Gasteiger partial charge in [0.2, 0.25) is 5.91 Å². The average Bonchev–Trinajstić information content (AvgIpc) is 2.65. The fraction of sp³-hybridized carbons (Fsp3) is 0.133. The van der Waals surface area contributed by atoms with E-state index in [9.17, 15) is 4.79 Å². The fourth-order valence-corrected chi connectivity index (χ4v) is 2.67. The number of amides is 1. The van der Waals surface area contributed by atoms with E-state index in [0.29, 0.717) is 0 Å². The second kappa shape index (κ2) is 3.74. The average molecular weight is 222 g/mol. The molecule has 0 aromatic heterocycles. The first kappa shape index (κ1) is 10.1. The van der Waals surface area contributed by atoms with Crippen LogP contribution in [0, 0.1) is 0 Å². The Labute approximate surface area is 100 Å². The van der Waals surface area contributed by atoms with Crippen molar-refractivity contribution < 1.29 is 4.79 Å². The molecule has 0 aliphatic heterocycles. The molecule has 0 spiro atoms. The molecule has 1 amide bonds. The first-order chi connectivity index (χ1) is 8.27. The summed E-state index contributed by atoms with van der Waals surface area (Å²) in [5.74, 6) is -0.436. The predicted molar refractivity (Wildman–Crippen MR) is 66.4 cm³/mol. The van der Waals surface area contributed by atoms with E-state index >= 15 is 0 Å². The molecule has 0 atom stereocenters. The van der Waals surface area contributed by atoms with Crippen LogP contribution in [-0.2, 0) is 4.79 Å². The molecule has 1 N–H and O–H groups in total. The van der Waals surface area contributed by atoms with Gasteiger partial charge in [-0.25, -0.2) is 0 Å². The molecule has 2 aromatic carbocycles. The summed E-state index contributed by atoms with van der Waals surface area (Å²) >= 11 is 0. The minimum atomic E-state index is -0.499. The molecule has 0 saturated heterocycles. The standard InChI is InChI=1S/C15H12NO/c16-15(17)9-14-12-7-3-1-5-10(12)11-6-2-4-8-13(11)14/h1-8,14,16H,9H2. The van der Waals surface area contributed by atoms with Gasteiger partial charge in [-0.1, -0.05) is 48.5 Å². The quantitative estimate of drug-likeness (QED) is 0.770. The van der Waals surface area contributed by atoms with E-state index in [1.54, 1.807) is 0 Å². The van der Waals surface area contributed by atoms with Gasteiger partial charge in [0.25, 0.3) is 0 Å². The monoisotopic (exact) mass is 222 g/mol. The number of rotatable bonds is 2. The minimum absolute atomic E-state index is 0.0624. The zero-order valence-electron chi connectivity index (χ0n) is 9.31. The molecular formula is C15H12NO. The summed E-state index contributed by atoms with van der Waals surface area (Å²) < 4.78 is 0. The Hall–Kier alpha value is -2.09. The second-order valence-corrected chi connectivity index (χ2v) is 4.35. The van der Waals surface area contributed by atoms with Crippen molar-refractivity contribution in [2.24, 2.45) is 0 Å². The summed E-state index contributed by atoms with van der Waals surface area (Å²) in [6, 6.07) is 16.3. The third-order valence-electron chi connectivity index (χ3n) is 3.35. The number of benzene rings is 2. The van der Waals surface area contributed by atoms with Gasteiger partial charge in [-0.15, -0.1) is 0 Å².